The van der Waals surface area contributed by atoms with Gasteiger partial charge in [-0.1, -0.05) is 307 Å². The summed E-state index contributed by atoms with van der Waals surface area (Å²) in [7, 11) is 0. The summed E-state index contributed by atoms with van der Waals surface area (Å²) in [6.07, 6.45) is 67.6. The highest BCUT2D eigenvalue weighted by atomic mass is 16.7. The van der Waals surface area contributed by atoms with Gasteiger partial charge in [-0.25, -0.2) is 0 Å². The Bertz CT molecular complexity index is 1290. The van der Waals surface area contributed by atoms with E-state index < -0.39 is 49.5 Å². The zero-order valence-electron chi connectivity index (χ0n) is 50.0. The molecule has 1 aliphatic heterocycles. The highest BCUT2D eigenvalue weighted by Gasteiger charge is 2.44. The van der Waals surface area contributed by atoms with E-state index in [-0.39, 0.29) is 12.5 Å². The largest absolute Gasteiger partial charge is 0.394 e. The monoisotopic (exact) mass is 1070 g/mol. The van der Waals surface area contributed by atoms with Crippen LogP contribution in [-0.4, -0.2) is 87.5 Å². The maximum atomic E-state index is 13.1. The summed E-state index contributed by atoms with van der Waals surface area (Å²) in [5.41, 5.74) is 0. The molecule has 7 atom stereocenters. The van der Waals surface area contributed by atoms with Crippen molar-refractivity contribution in [2.75, 3.05) is 13.2 Å². The van der Waals surface area contributed by atoms with E-state index in [9.17, 15) is 30.3 Å². The van der Waals surface area contributed by atoms with Crippen molar-refractivity contribution in [1.82, 2.24) is 5.32 Å². The number of hydrogen-bond donors (Lipinski definition) is 6. The lowest BCUT2D eigenvalue weighted by Crippen LogP contribution is -2.60. The standard InChI is InChI=1S/C67H127NO8/c1-3-5-7-9-11-13-15-17-19-21-23-25-27-28-29-30-31-32-33-34-35-37-39-41-43-45-47-49-51-53-55-57-63(71)68-60(59-75-67-66(74)65(73)64(72)62(58-69)76-67)61(70)56-54-52-50-48-46-44-42-40-38-36-26-24-22-20-18-16-14-12-10-8-6-4-2/h15,17,21,23,27-28,60-62,64-67,69-70,72-74H,3-14,16,18-20,22,24-26,29-59H2,1-2H3,(H,68,71)/b17-15-,23-21-,28-27-. The molecule has 1 heterocycles. The number of ether oxygens (including phenoxy) is 2. The fourth-order valence-electron chi connectivity index (χ4n) is 10.8. The molecule has 7 unspecified atom stereocenters. The third kappa shape index (κ3) is 45.2. The second-order valence-corrected chi connectivity index (χ2v) is 23.3. The van der Waals surface area contributed by atoms with Crippen LogP contribution in [0.15, 0.2) is 36.5 Å². The zero-order valence-corrected chi connectivity index (χ0v) is 50.0. The molecule has 448 valence electrons. The highest BCUT2D eigenvalue weighted by Crippen LogP contribution is 2.24. The van der Waals surface area contributed by atoms with Crippen LogP contribution in [0.3, 0.4) is 0 Å². The van der Waals surface area contributed by atoms with E-state index >= 15 is 0 Å². The molecular weight excluding hydrogens is 947 g/mol. The van der Waals surface area contributed by atoms with Gasteiger partial charge in [0.1, 0.15) is 24.4 Å². The minimum atomic E-state index is -1.55. The first-order valence-corrected chi connectivity index (χ1v) is 33.2. The fraction of sp³-hybridized carbons (Fsp3) is 0.896. The number of amides is 1. The molecular formula is C67H127NO8. The molecule has 1 amide bonds. The van der Waals surface area contributed by atoms with Crippen molar-refractivity contribution in [3.05, 3.63) is 36.5 Å². The molecule has 1 fully saturated rings. The van der Waals surface area contributed by atoms with Gasteiger partial charge in [-0.3, -0.25) is 4.79 Å². The van der Waals surface area contributed by atoms with E-state index in [4.69, 9.17) is 9.47 Å². The fourth-order valence-corrected chi connectivity index (χ4v) is 10.8. The van der Waals surface area contributed by atoms with Gasteiger partial charge in [0.05, 0.1) is 25.4 Å². The van der Waals surface area contributed by atoms with Crippen molar-refractivity contribution in [2.45, 2.75) is 371 Å². The van der Waals surface area contributed by atoms with Gasteiger partial charge in [-0.05, 0) is 51.4 Å². The van der Waals surface area contributed by atoms with Crippen LogP contribution >= 0.6 is 0 Å². The molecule has 0 radical (unpaired) electrons. The van der Waals surface area contributed by atoms with E-state index in [0.717, 1.165) is 51.4 Å². The second-order valence-electron chi connectivity index (χ2n) is 23.3. The number of unbranched alkanes of at least 4 members (excludes halogenated alkanes) is 42. The van der Waals surface area contributed by atoms with Crippen LogP contribution in [-0.2, 0) is 14.3 Å². The molecule has 6 N–H and O–H groups in total. The lowest BCUT2D eigenvalue weighted by Gasteiger charge is -2.40. The minimum absolute atomic E-state index is 0.135. The van der Waals surface area contributed by atoms with Crippen LogP contribution < -0.4 is 5.32 Å². The first kappa shape index (κ1) is 72.4. The van der Waals surface area contributed by atoms with Crippen LogP contribution in [0.4, 0.5) is 0 Å². The molecule has 9 nitrogen and oxygen atoms in total. The molecule has 0 aliphatic carbocycles. The summed E-state index contributed by atoms with van der Waals surface area (Å²) in [5.74, 6) is -0.139. The number of aliphatic hydroxyl groups is 5. The Balaban J connectivity index is 2.13. The van der Waals surface area contributed by atoms with E-state index in [1.54, 1.807) is 0 Å². The lowest BCUT2D eigenvalue weighted by molar-refractivity contribution is -0.302. The van der Waals surface area contributed by atoms with Gasteiger partial charge in [0.15, 0.2) is 6.29 Å². The summed E-state index contributed by atoms with van der Waals surface area (Å²) in [4.78, 5) is 13.1. The van der Waals surface area contributed by atoms with Gasteiger partial charge in [0, 0.05) is 6.42 Å². The highest BCUT2D eigenvalue weighted by molar-refractivity contribution is 5.76. The molecule has 76 heavy (non-hydrogen) atoms. The van der Waals surface area contributed by atoms with Gasteiger partial charge in [0.25, 0.3) is 0 Å². The van der Waals surface area contributed by atoms with E-state index in [2.05, 4.69) is 55.6 Å². The second kappa shape index (κ2) is 56.7. The van der Waals surface area contributed by atoms with E-state index in [1.807, 2.05) is 0 Å². The summed E-state index contributed by atoms with van der Waals surface area (Å²) in [6.45, 7) is 3.87. The van der Waals surface area contributed by atoms with E-state index in [0.29, 0.717) is 12.8 Å². The molecule has 0 spiro atoms. The SMILES string of the molecule is CCCCCCC/C=C\C/C=C\C/C=C\CCCCCCCCCCCCCCCCCCC(=O)NC(COC1OC(CO)C(O)C(O)C1O)C(O)CCCCCCCCCCCCCCCCCCCCCCCC. The topological polar surface area (TPSA) is 149 Å². The van der Waals surface area contributed by atoms with Gasteiger partial charge in [0.2, 0.25) is 5.91 Å². The average molecular weight is 1070 g/mol. The van der Waals surface area contributed by atoms with E-state index in [1.165, 1.54) is 250 Å². The normalized spacial score (nSPS) is 19.0. The Hall–Kier alpha value is -1.59. The third-order valence-electron chi connectivity index (χ3n) is 16.0. The average Bonchev–Trinajstić information content (AvgIpc) is 3.42. The zero-order chi connectivity index (χ0) is 55.0. The van der Waals surface area contributed by atoms with Gasteiger partial charge >= 0.3 is 0 Å². The van der Waals surface area contributed by atoms with Crippen LogP contribution in [0.5, 0.6) is 0 Å². The van der Waals surface area contributed by atoms with Gasteiger partial charge in [-0.2, -0.15) is 0 Å². The molecule has 0 aromatic carbocycles. The molecule has 0 bridgehead atoms. The summed E-state index contributed by atoms with van der Waals surface area (Å²) >= 11 is 0. The van der Waals surface area contributed by atoms with Crippen LogP contribution in [0, 0.1) is 0 Å². The first-order valence-electron chi connectivity index (χ1n) is 33.2. The van der Waals surface area contributed by atoms with Crippen molar-refractivity contribution in [3.63, 3.8) is 0 Å². The van der Waals surface area contributed by atoms with Gasteiger partial charge in [-0.15, -0.1) is 0 Å². The van der Waals surface area contributed by atoms with Crippen LogP contribution in [0.2, 0.25) is 0 Å². The Kier molecular flexibility index (Phi) is 54.0. The number of allylic oxidation sites excluding steroid dienone is 6. The summed E-state index contributed by atoms with van der Waals surface area (Å²) < 4.78 is 11.4. The number of rotatable bonds is 58. The maximum absolute atomic E-state index is 13.1. The van der Waals surface area contributed by atoms with Gasteiger partial charge < -0.3 is 40.3 Å². The molecule has 1 saturated heterocycles. The third-order valence-corrected chi connectivity index (χ3v) is 16.0. The number of hydrogen-bond acceptors (Lipinski definition) is 8. The number of nitrogens with one attached hydrogen (secondary N) is 1. The van der Waals surface area contributed by atoms with Crippen molar-refractivity contribution < 1.29 is 39.8 Å². The van der Waals surface area contributed by atoms with Crippen LogP contribution in [0.1, 0.15) is 328 Å². The molecule has 9 heteroatoms. The Morgan fingerprint density at radius 1 is 0.447 bits per heavy atom. The Labute approximate surface area is 470 Å². The number of carbonyl (C=O) groups is 1. The summed E-state index contributed by atoms with van der Waals surface area (Å²) in [6, 6.07) is -0.719. The maximum Gasteiger partial charge on any atom is 0.220 e. The predicted octanol–water partition coefficient (Wildman–Crippen LogP) is 17.5. The van der Waals surface area contributed by atoms with Crippen molar-refractivity contribution >= 4 is 5.91 Å². The molecule has 0 saturated carbocycles. The number of aliphatic hydroxyl groups excluding tert-OH is 5. The minimum Gasteiger partial charge on any atom is -0.394 e. The van der Waals surface area contributed by atoms with Crippen molar-refractivity contribution in [3.8, 4) is 0 Å². The van der Waals surface area contributed by atoms with Crippen LogP contribution in [0.25, 0.3) is 0 Å². The molecule has 1 rings (SSSR count). The van der Waals surface area contributed by atoms with Crippen molar-refractivity contribution in [2.24, 2.45) is 0 Å². The molecule has 0 aromatic heterocycles. The molecule has 0 aromatic rings. The molecule has 1 aliphatic rings. The lowest BCUT2D eigenvalue weighted by atomic mass is 9.99. The Morgan fingerprint density at radius 3 is 1.14 bits per heavy atom. The summed E-state index contributed by atoms with van der Waals surface area (Å²) in [5, 5.41) is 54.9. The van der Waals surface area contributed by atoms with Crippen molar-refractivity contribution in [1.29, 1.82) is 0 Å². The Morgan fingerprint density at radius 2 is 0.776 bits per heavy atom. The quantitative estimate of drug-likeness (QED) is 0.0261. The first-order chi connectivity index (χ1) is 37.3. The number of carbonyl (C=O) groups excluding carboxylic acids is 1. The smallest absolute Gasteiger partial charge is 0.220 e. The predicted molar refractivity (Wildman–Crippen MR) is 323 cm³/mol.